The molecule has 0 spiro atoms. The van der Waals surface area contributed by atoms with Crippen LogP contribution >= 0.6 is 23.5 Å². The maximum atomic E-state index is 13.1. The minimum atomic E-state index is -1.04. The van der Waals surface area contributed by atoms with Crippen LogP contribution in [-0.2, 0) is 59.2 Å². The highest BCUT2D eigenvalue weighted by atomic mass is 32.2. The number of ether oxygens (including phenoxy) is 1. The molecule has 4 amide bonds. The molecule has 20 nitrogen and oxygen atoms in total. The summed E-state index contributed by atoms with van der Waals surface area (Å²) in [6, 6.07) is 16.5. The van der Waals surface area contributed by atoms with Gasteiger partial charge in [0.15, 0.2) is 0 Å². The number of imidazole rings is 2. The first-order valence-electron chi connectivity index (χ1n) is 26.5. The summed E-state index contributed by atoms with van der Waals surface area (Å²) in [6.45, 7) is 10.4. The van der Waals surface area contributed by atoms with Crippen molar-refractivity contribution in [1.82, 2.24) is 51.0 Å². The van der Waals surface area contributed by atoms with Gasteiger partial charge in [-0.2, -0.15) is 23.5 Å². The smallest absolute Gasteiger partial charge is 0.328 e. The lowest BCUT2D eigenvalue weighted by Gasteiger charge is -2.32. The van der Waals surface area contributed by atoms with E-state index < -0.39 is 36.1 Å². The molecule has 8 atom stereocenters. The minimum absolute atomic E-state index is 0.0267. The topological polar surface area (TPSA) is 296 Å². The highest BCUT2D eigenvalue weighted by molar-refractivity contribution is 7.98. The molecule has 0 unspecified atom stereocenters. The van der Waals surface area contributed by atoms with Gasteiger partial charge in [0.2, 0.25) is 23.6 Å². The van der Waals surface area contributed by atoms with Crippen LogP contribution in [0.1, 0.15) is 75.9 Å². The second kappa shape index (κ2) is 37.1. The monoisotopic (exact) mass is 1110 g/mol. The van der Waals surface area contributed by atoms with E-state index >= 15 is 0 Å². The minimum Gasteiger partial charge on any atom is -0.480 e. The Kier molecular flexibility index (Phi) is 31.6. The van der Waals surface area contributed by atoms with Gasteiger partial charge in [-0.15, -0.1) is 0 Å². The zero-order valence-corrected chi connectivity index (χ0v) is 47.7. The summed E-state index contributed by atoms with van der Waals surface area (Å²) in [6.07, 6.45) is 14.9. The van der Waals surface area contributed by atoms with Gasteiger partial charge in [-0.05, 0) is 72.7 Å². The number of hydrogen-bond acceptors (Lipinski definition) is 15. The maximum absolute atomic E-state index is 13.1. The number of amides is 4. The Labute approximate surface area is 463 Å². The number of H-pyrrole nitrogens is 2. The van der Waals surface area contributed by atoms with Gasteiger partial charge in [0.25, 0.3) is 0 Å². The van der Waals surface area contributed by atoms with E-state index in [0.717, 1.165) is 47.5 Å². The van der Waals surface area contributed by atoms with Crippen LogP contribution in [0.2, 0.25) is 0 Å². The summed E-state index contributed by atoms with van der Waals surface area (Å²) in [5.74, 6) is -0.973. The summed E-state index contributed by atoms with van der Waals surface area (Å²) >= 11 is 3.14. The molecule has 0 aliphatic heterocycles. The zero-order chi connectivity index (χ0) is 56.5. The normalized spacial score (nSPS) is 14.4. The first-order valence-corrected chi connectivity index (χ1v) is 29.2. The van der Waals surface area contributed by atoms with Crippen molar-refractivity contribution in [3.8, 4) is 0 Å². The van der Waals surface area contributed by atoms with Gasteiger partial charge in [-0.1, -0.05) is 101 Å². The predicted molar refractivity (Wildman–Crippen MR) is 306 cm³/mol. The number of carbonyl (C=O) groups is 6. The van der Waals surface area contributed by atoms with Crippen molar-refractivity contribution in [2.45, 2.75) is 115 Å². The molecule has 0 saturated heterocycles. The first-order chi connectivity index (χ1) is 37.0. The number of nitrogens with two attached hydrogens (primary N) is 2. The number of hydrogen-bond donors (Lipinski definition) is 9. The second-order valence-corrected chi connectivity index (χ2v) is 21.4. The number of carboxylic acid groups (broad SMARTS) is 1. The van der Waals surface area contributed by atoms with Crippen LogP contribution in [-0.4, -0.2) is 177 Å². The van der Waals surface area contributed by atoms with Gasteiger partial charge in [0.1, 0.15) is 12.1 Å². The molecule has 11 N–H and O–H groups in total. The van der Waals surface area contributed by atoms with Gasteiger partial charge in [-0.3, -0.25) is 29.0 Å². The Morgan fingerprint density at radius 3 is 1.40 bits per heavy atom. The number of nitrogens with zero attached hydrogens (tertiary/aromatic N) is 4. The van der Waals surface area contributed by atoms with E-state index in [4.69, 9.17) is 16.2 Å². The van der Waals surface area contributed by atoms with Crippen molar-refractivity contribution in [1.29, 1.82) is 0 Å². The molecular formula is C55H86N12O8S2. The fraction of sp³-hybridized carbons (Fsp3) is 0.564. The summed E-state index contributed by atoms with van der Waals surface area (Å²) in [4.78, 5) is 93.8. The largest absolute Gasteiger partial charge is 0.480 e. The van der Waals surface area contributed by atoms with E-state index in [1.54, 1.807) is 36.8 Å². The van der Waals surface area contributed by atoms with Gasteiger partial charge < -0.3 is 52.5 Å². The predicted octanol–water partition coefficient (Wildman–Crippen LogP) is 3.44. The molecule has 0 saturated carbocycles. The van der Waals surface area contributed by atoms with Crippen molar-refractivity contribution in [2.24, 2.45) is 23.3 Å². The Morgan fingerprint density at radius 1 is 0.649 bits per heavy atom. The molecule has 77 heavy (non-hydrogen) atoms. The average Bonchev–Trinajstić information content (AvgIpc) is 4.16. The molecule has 2 heterocycles. The number of aromatic amines is 2. The molecule has 0 aliphatic rings. The summed E-state index contributed by atoms with van der Waals surface area (Å²) in [7, 11) is 1.32. The lowest BCUT2D eigenvalue weighted by atomic mass is 9.97. The Bertz CT molecular complexity index is 2280. The fourth-order valence-electron chi connectivity index (χ4n) is 8.23. The molecule has 0 radical (unpaired) electrons. The molecule has 2 aromatic heterocycles. The van der Waals surface area contributed by atoms with E-state index in [0.29, 0.717) is 64.0 Å². The Balaban J connectivity index is 0.000000405. The molecule has 426 valence electrons. The molecular weight excluding hydrogens is 1020 g/mol. The fourth-order valence-corrected chi connectivity index (χ4v) is 9.17. The van der Waals surface area contributed by atoms with E-state index in [-0.39, 0.29) is 60.6 Å². The van der Waals surface area contributed by atoms with Gasteiger partial charge in [0.05, 0.1) is 44.9 Å². The maximum Gasteiger partial charge on any atom is 0.328 e. The van der Waals surface area contributed by atoms with E-state index in [1.165, 1.54) is 18.9 Å². The molecule has 22 heteroatoms. The Morgan fingerprint density at radius 2 is 1.05 bits per heavy atom. The first kappa shape index (κ1) is 65.5. The highest BCUT2D eigenvalue weighted by Gasteiger charge is 2.29. The SMILES string of the molecule is CC[C@H](C)[C@@H](CN(CCc1ccccc1)CC(=O)N[C@@H](CCSC)C(=O)O)NC(=O)[C@@H](N)Cc1cnc[nH]1.CC[C@H](C)[C@@H](CN(CCc1ccccc1)CC(=O)N[C@@H](CCSC)C(=O)OC)NC(=O)[C@@H](N)Cc1cnc[nH]1. The number of aromatic nitrogens is 4. The number of carbonyl (C=O) groups excluding carboxylic acids is 5. The van der Waals surface area contributed by atoms with Crippen molar-refractivity contribution in [2.75, 3.05) is 70.4 Å². The van der Waals surface area contributed by atoms with E-state index in [9.17, 15) is 33.9 Å². The number of esters is 1. The quantitative estimate of drug-likeness (QED) is 0.0295. The molecule has 2 aromatic carbocycles. The third kappa shape index (κ3) is 26.0. The number of rotatable bonds is 36. The lowest BCUT2D eigenvalue weighted by Crippen LogP contribution is -2.54. The number of nitrogens with one attached hydrogen (secondary N) is 6. The van der Waals surface area contributed by atoms with Crippen LogP contribution < -0.4 is 32.7 Å². The highest BCUT2D eigenvalue weighted by Crippen LogP contribution is 2.15. The molecule has 0 aliphatic carbocycles. The third-order valence-electron chi connectivity index (χ3n) is 13.4. The van der Waals surface area contributed by atoms with Crippen molar-refractivity contribution < 1.29 is 38.6 Å². The van der Waals surface area contributed by atoms with Crippen LogP contribution in [0, 0.1) is 11.8 Å². The standard InChI is InChI=1S/C28H44N6O4S.C27H42N6O4S/c1-5-20(2)25(33-27(36)23(29)15-22-16-30-19-31-22)17-34(13-11-21-9-7-6-8-10-21)18-26(35)32-24(12-14-39-4)28(37)38-3;1-4-19(2)24(32-26(35)22(28)14-21-15-29-18-30-21)16-33(12-10-20-8-6-5-7-9-20)17-25(34)31-23(27(36)37)11-13-38-3/h6-10,16,19-20,23-25H,5,11-15,17-18,29H2,1-4H3,(H,30,31)(H,32,35)(H,33,36);5-9,15,18-19,22-24H,4,10-14,16-17,28H2,1-3H3,(H,29,30)(H,31,34)(H,32,35)(H,36,37)/t20-,23-,24-,25+;19-,22-,23-,24+/m00/s1. The number of methoxy groups -OCH3 is 1. The molecule has 0 bridgehead atoms. The van der Waals surface area contributed by atoms with Gasteiger partial charge in [-0.25, -0.2) is 19.6 Å². The van der Waals surface area contributed by atoms with Gasteiger partial charge >= 0.3 is 11.9 Å². The number of benzene rings is 2. The molecule has 4 aromatic rings. The van der Waals surface area contributed by atoms with Crippen LogP contribution in [0.5, 0.6) is 0 Å². The van der Waals surface area contributed by atoms with E-state index in [1.807, 2.05) is 70.8 Å². The number of aliphatic carboxylic acids is 1. The van der Waals surface area contributed by atoms with Crippen molar-refractivity contribution >= 4 is 59.1 Å². The molecule has 0 fully saturated rings. The van der Waals surface area contributed by atoms with Crippen LogP contribution in [0.25, 0.3) is 0 Å². The van der Waals surface area contributed by atoms with E-state index in [2.05, 4.69) is 81.0 Å². The number of carboxylic acids is 1. The molecule has 4 rings (SSSR count). The van der Waals surface area contributed by atoms with Crippen molar-refractivity contribution in [3.05, 3.63) is 108 Å². The third-order valence-corrected chi connectivity index (χ3v) is 14.7. The summed E-state index contributed by atoms with van der Waals surface area (Å²) in [5, 5.41) is 21.3. The zero-order valence-electron chi connectivity index (χ0n) is 46.1. The van der Waals surface area contributed by atoms with Crippen LogP contribution in [0.4, 0.5) is 0 Å². The Hall–Kier alpha value is -5.78. The number of thioether (sulfide) groups is 2. The summed E-state index contributed by atoms with van der Waals surface area (Å²) in [5.41, 5.74) is 16.2. The van der Waals surface area contributed by atoms with Crippen LogP contribution in [0.15, 0.2) is 85.7 Å². The second-order valence-electron chi connectivity index (χ2n) is 19.4. The average molecular weight is 1110 g/mol. The summed E-state index contributed by atoms with van der Waals surface area (Å²) < 4.78 is 4.89. The van der Waals surface area contributed by atoms with Gasteiger partial charge in [0, 0.05) is 74.9 Å². The van der Waals surface area contributed by atoms with Crippen LogP contribution in [0.3, 0.4) is 0 Å². The lowest BCUT2D eigenvalue weighted by molar-refractivity contribution is -0.145. The van der Waals surface area contributed by atoms with Crippen molar-refractivity contribution in [3.63, 3.8) is 0 Å².